The number of unbranched alkanes of at least 4 members (excludes halogenated alkanes) is 2. The summed E-state index contributed by atoms with van der Waals surface area (Å²) in [6.07, 6.45) is 10.0. The molecular weight excluding hydrogens is 404 g/mol. The molecule has 3 heteroatoms. The third-order valence-electron chi connectivity index (χ3n) is 8.51. The standard InChI is InChI=1S/C30H48N2O/c1-7-10-12-25-14-15-27(21-26(25)13-11-8-2)29(33)30(32-18-16-31(6)17-19-32)22-24(5)23(4)20-28(30)9-3/h14-15,21,28H,7-13,16-20,22H2,1-6H3. The van der Waals surface area contributed by atoms with Gasteiger partial charge in [0, 0.05) is 31.7 Å². The highest BCUT2D eigenvalue weighted by Gasteiger charge is 2.51. The van der Waals surface area contributed by atoms with E-state index >= 15 is 0 Å². The van der Waals surface area contributed by atoms with Crippen molar-refractivity contribution < 1.29 is 4.79 Å². The topological polar surface area (TPSA) is 23.6 Å². The van der Waals surface area contributed by atoms with E-state index in [0.29, 0.717) is 11.7 Å². The Balaban J connectivity index is 2.04. The largest absolute Gasteiger partial charge is 0.304 e. The van der Waals surface area contributed by atoms with Gasteiger partial charge in [0.1, 0.15) is 0 Å². The van der Waals surface area contributed by atoms with Crippen molar-refractivity contribution in [1.29, 1.82) is 0 Å². The van der Waals surface area contributed by atoms with E-state index in [4.69, 9.17) is 0 Å². The third-order valence-corrected chi connectivity index (χ3v) is 8.51. The lowest BCUT2D eigenvalue weighted by atomic mass is 9.65. The van der Waals surface area contributed by atoms with Crippen LogP contribution in [0.5, 0.6) is 0 Å². The Labute approximate surface area is 203 Å². The quantitative estimate of drug-likeness (QED) is 0.292. The van der Waals surface area contributed by atoms with Gasteiger partial charge >= 0.3 is 0 Å². The molecule has 184 valence electrons. The molecule has 3 rings (SSSR count). The highest BCUT2D eigenvalue weighted by Crippen LogP contribution is 2.45. The molecule has 1 aromatic rings. The predicted molar refractivity (Wildman–Crippen MR) is 141 cm³/mol. The van der Waals surface area contributed by atoms with E-state index in [2.05, 4.69) is 69.7 Å². The van der Waals surface area contributed by atoms with Crippen LogP contribution in [-0.4, -0.2) is 54.3 Å². The Morgan fingerprint density at radius 2 is 1.58 bits per heavy atom. The van der Waals surface area contributed by atoms with Gasteiger partial charge in [-0.1, -0.05) is 63.3 Å². The number of Topliss-reactive ketones (excluding diaryl/α,β-unsaturated/α-hetero) is 1. The summed E-state index contributed by atoms with van der Waals surface area (Å²) in [5.74, 6) is 0.765. The first-order valence-electron chi connectivity index (χ1n) is 13.6. The van der Waals surface area contributed by atoms with E-state index in [1.807, 2.05) is 0 Å². The number of nitrogens with zero attached hydrogens (tertiary/aromatic N) is 2. The molecule has 3 nitrogen and oxygen atoms in total. The van der Waals surface area contributed by atoms with Gasteiger partial charge < -0.3 is 4.90 Å². The second-order valence-corrected chi connectivity index (χ2v) is 10.8. The van der Waals surface area contributed by atoms with Crippen molar-refractivity contribution in [2.24, 2.45) is 5.92 Å². The van der Waals surface area contributed by atoms with Crippen molar-refractivity contribution in [3.63, 3.8) is 0 Å². The monoisotopic (exact) mass is 452 g/mol. The minimum Gasteiger partial charge on any atom is -0.304 e. The highest BCUT2D eigenvalue weighted by molar-refractivity contribution is 6.04. The zero-order chi connectivity index (χ0) is 24.0. The zero-order valence-corrected chi connectivity index (χ0v) is 22.3. The normalized spacial score (nSPS) is 25.0. The molecule has 0 aromatic heterocycles. The molecule has 1 aliphatic heterocycles. The maximum Gasteiger partial charge on any atom is 0.183 e. The van der Waals surface area contributed by atoms with Gasteiger partial charge in [0.25, 0.3) is 0 Å². The number of allylic oxidation sites excluding steroid dienone is 1. The lowest BCUT2D eigenvalue weighted by Gasteiger charge is -2.53. The maximum atomic E-state index is 14.6. The summed E-state index contributed by atoms with van der Waals surface area (Å²) in [5.41, 5.74) is 6.35. The van der Waals surface area contributed by atoms with Crippen molar-refractivity contribution in [2.75, 3.05) is 33.2 Å². The van der Waals surface area contributed by atoms with Crippen molar-refractivity contribution in [1.82, 2.24) is 9.80 Å². The molecule has 1 aliphatic carbocycles. The molecule has 0 spiro atoms. The number of piperazine rings is 1. The first-order valence-corrected chi connectivity index (χ1v) is 13.6. The van der Waals surface area contributed by atoms with Crippen LogP contribution in [0.3, 0.4) is 0 Å². The number of aryl methyl sites for hydroxylation is 2. The molecule has 0 N–H and O–H groups in total. The number of benzene rings is 1. The van der Waals surface area contributed by atoms with Gasteiger partial charge in [0.05, 0.1) is 5.54 Å². The van der Waals surface area contributed by atoms with E-state index in [0.717, 1.165) is 63.8 Å². The Hall–Kier alpha value is -1.45. The Bertz CT molecular complexity index is 834. The molecular formula is C30H48N2O. The van der Waals surface area contributed by atoms with Crippen LogP contribution in [0.1, 0.15) is 101 Å². The van der Waals surface area contributed by atoms with E-state index in [1.54, 1.807) is 0 Å². The van der Waals surface area contributed by atoms with Crippen LogP contribution in [0.4, 0.5) is 0 Å². The zero-order valence-electron chi connectivity index (χ0n) is 22.3. The SMILES string of the molecule is CCCCc1ccc(C(=O)C2(N3CCN(C)CC3)CC(C)=C(C)CC2CC)cc1CCCC. The molecule has 2 aliphatic rings. The van der Waals surface area contributed by atoms with Crippen LogP contribution in [0.25, 0.3) is 0 Å². The molecule has 0 bridgehead atoms. The van der Waals surface area contributed by atoms with Crippen molar-refractivity contribution in [3.8, 4) is 0 Å². The van der Waals surface area contributed by atoms with E-state index in [9.17, 15) is 4.79 Å². The van der Waals surface area contributed by atoms with Crippen LogP contribution < -0.4 is 0 Å². The number of ketones is 1. The second kappa shape index (κ2) is 11.8. The lowest BCUT2D eigenvalue weighted by Crippen LogP contribution is -2.64. The summed E-state index contributed by atoms with van der Waals surface area (Å²) >= 11 is 0. The summed E-state index contributed by atoms with van der Waals surface area (Å²) < 4.78 is 0. The van der Waals surface area contributed by atoms with Gasteiger partial charge in [-0.3, -0.25) is 9.69 Å². The summed E-state index contributed by atoms with van der Waals surface area (Å²) in [6, 6.07) is 6.73. The molecule has 1 aromatic carbocycles. The van der Waals surface area contributed by atoms with Crippen LogP contribution in [0, 0.1) is 5.92 Å². The number of hydrogen-bond donors (Lipinski definition) is 0. The smallest absolute Gasteiger partial charge is 0.183 e. The first kappa shape index (κ1) is 26.2. The summed E-state index contributed by atoms with van der Waals surface area (Å²) in [4.78, 5) is 19.6. The van der Waals surface area contributed by atoms with Gasteiger partial charge in [-0.15, -0.1) is 0 Å². The van der Waals surface area contributed by atoms with Gasteiger partial charge in [-0.05, 0) is 82.5 Å². The van der Waals surface area contributed by atoms with E-state index in [1.165, 1.54) is 48.0 Å². The minimum absolute atomic E-state index is 0.380. The molecule has 2 atom stereocenters. The first-order chi connectivity index (χ1) is 15.9. The third kappa shape index (κ3) is 5.62. The van der Waals surface area contributed by atoms with Gasteiger partial charge in [0.2, 0.25) is 0 Å². The van der Waals surface area contributed by atoms with Crippen molar-refractivity contribution >= 4 is 5.78 Å². The lowest BCUT2D eigenvalue weighted by molar-refractivity contribution is 0.000847. The molecule has 1 fully saturated rings. The Morgan fingerprint density at radius 1 is 0.939 bits per heavy atom. The number of likely N-dealkylation sites (N-methyl/N-ethyl adjacent to an activating group) is 1. The van der Waals surface area contributed by atoms with Crippen LogP contribution in [0.15, 0.2) is 29.3 Å². The molecule has 33 heavy (non-hydrogen) atoms. The van der Waals surface area contributed by atoms with E-state index in [-0.39, 0.29) is 0 Å². The van der Waals surface area contributed by atoms with Crippen molar-refractivity contribution in [2.45, 2.75) is 97.9 Å². The summed E-state index contributed by atoms with van der Waals surface area (Å²) in [5, 5.41) is 0. The Morgan fingerprint density at radius 3 is 2.18 bits per heavy atom. The summed E-state index contributed by atoms with van der Waals surface area (Å²) in [7, 11) is 2.20. The minimum atomic E-state index is -0.396. The van der Waals surface area contributed by atoms with E-state index < -0.39 is 5.54 Å². The molecule has 1 heterocycles. The van der Waals surface area contributed by atoms with Gasteiger partial charge in [-0.25, -0.2) is 0 Å². The fourth-order valence-electron chi connectivity index (χ4n) is 6.11. The average molecular weight is 453 g/mol. The number of carbonyl (C=O) groups is 1. The molecule has 0 saturated carbocycles. The highest BCUT2D eigenvalue weighted by atomic mass is 16.1. The number of hydrogen-bond acceptors (Lipinski definition) is 3. The number of rotatable bonds is 10. The fraction of sp³-hybridized carbons (Fsp3) is 0.700. The second-order valence-electron chi connectivity index (χ2n) is 10.8. The predicted octanol–water partition coefficient (Wildman–Crippen LogP) is 6.70. The van der Waals surface area contributed by atoms with Gasteiger partial charge in [0.15, 0.2) is 5.78 Å². The maximum absolute atomic E-state index is 14.6. The van der Waals surface area contributed by atoms with Crippen molar-refractivity contribution in [3.05, 3.63) is 46.0 Å². The molecule has 2 unspecified atom stereocenters. The van der Waals surface area contributed by atoms with Crippen LogP contribution >= 0.6 is 0 Å². The molecule has 0 amide bonds. The Kier molecular flexibility index (Phi) is 9.35. The molecule has 0 radical (unpaired) electrons. The fourth-order valence-corrected chi connectivity index (χ4v) is 6.11. The molecule has 1 saturated heterocycles. The summed E-state index contributed by atoms with van der Waals surface area (Å²) in [6.45, 7) is 15.4. The van der Waals surface area contributed by atoms with Gasteiger partial charge in [-0.2, -0.15) is 0 Å². The average Bonchev–Trinajstić information content (AvgIpc) is 2.83. The van der Waals surface area contributed by atoms with Crippen LogP contribution in [-0.2, 0) is 12.8 Å². The number of carbonyl (C=O) groups excluding carboxylic acids is 1. The van der Waals surface area contributed by atoms with Crippen LogP contribution in [0.2, 0.25) is 0 Å².